The molecular formula is C11H11BrN2S. The smallest absolute Gasteiger partial charge is 0.0625 e. The highest BCUT2D eigenvalue weighted by Gasteiger charge is 1.98. The van der Waals surface area contributed by atoms with Crippen LogP contribution in [0.2, 0.25) is 0 Å². The van der Waals surface area contributed by atoms with Gasteiger partial charge in [-0.15, -0.1) is 11.8 Å². The first-order chi connectivity index (χ1) is 7.24. The summed E-state index contributed by atoms with van der Waals surface area (Å²) < 4.78 is 2.95. The quantitative estimate of drug-likeness (QED) is 0.803. The maximum Gasteiger partial charge on any atom is 0.0625 e. The highest BCUT2D eigenvalue weighted by atomic mass is 79.9. The van der Waals surface area contributed by atoms with Crippen LogP contribution in [0, 0.1) is 0 Å². The molecule has 0 saturated carbocycles. The zero-order valence-corrected chi connectivity index (χ0v) is 10.8. The second-order valence-corrected chi connectivity index (χ2v) is 5.23. The summed E-state index contributed by atoms with van der Waals surface area (Å²) in [4.78, 5) is 1.21. The molecule has 0 bridgehead atoms. The van der Waals surface area contributed by atoms with Crippen molar-refractivity contribution < 1.29 is 0 Å². The van der Waals surface area contributed by atoms with Gasteiger partial charge in [0.15, 0.2) is 0 Å². The zero-order valence-electron chi connectivity index (χ0n) is 8.35. The summed E-state index contributed by atoms with van der Waals surface area (Å²) in [6.07, 6.45) is 3.92. The van der Waals surface area contributed by atoms with E-state index in [1.807, 2.05) is 30.2 Å². The molecule has 0 aliphatic heterocycles. The van der Waals surface area contributed by atoms with Gasteiger partial charge in [-0.3, -0.25) is 4.68 Å². The number of nitrogens with zero attached hydrogens (tertiary/aromatic N) is 2. The van der Waals surface area contributed by atoms with Crippen molar-refractivity contribution in [1.82, 2.24) is 9.78 Å². The van der Waals surface area contributed by atoms with Crippen molar-refractivity contribution in [2.75, 3.05) is 0 Å². The normalized spacial score (nSPS) is 10.5. The molecular weight excluding hydrogens is 272 g/mol. The molecule has 0 atom stereocenters. The summed E-state index contributed by atoms with van der Waals surface area (Å²) >= 11 is 5.27. The van der Waals surface area contributed by atoms with Gasteiger partial charge in [0.05, 0.1) is 6.20 Å². The summed E-state index contributed by atoms with van der Waals surface area (Å²) in [6, 6.07) is 8.37. The SMILES string of the molecule is Cn1cc(SCc2cccc(Br)c2)cn1. The first kappa shape index (κ1) is 10.8. The summed E-state index contributed by atoms with van der Waals surface area (Å²) in [5.41, 5.74) is 1.32. The van der Waals surface area contributed by atoms with Crippen molar-refractivity contribution in [3.8, 4) is 0 Å². The van der Waals surface area contributed by atoms with E-state index in [0.29, 0.717) is 0 Å². The van der Waals surface area contributed by atoms with E-state index in [1.54, 1.807) is 11.8 Å². The summed E-state index contributed by atoms with van der Waals surface area (Å²) in [5, 5.41) is 4.13. The molecule has 2 rings (SSSR count). The minimum atomic E-state index is 0.977. The van der Waals surface area contributed by atoms with Gasteiger partial charge in [0.1, 0.15) is 0 Å². The zero-order chi connectivity index (χ0) is 10.7. The molecule has 15 heavy (non-hydrogen) atoms. The summed E-state index contributed by atoms with van der Waals surface area (Å²) in [6.45, 7) is 0. The fraction of sp³-hybridized carbons (Fsp3) is 0.182. The lowest BCUT2D eigenvalue weighted by Crippen LogP contribution is -1.84. The molecule has 4 heteroatoms. The number of benzene rings is 1. The number of aryl methyl sites for hydroxylation is 1. The Bertz CT molecular complexity index is 453. The molecule has 1 aromatic carbocycles. The standard InChI is InChI=1S/C11H11BrN2S/c1-14-7-11(6-13-14)15-8-9-3-2-4-10(12)5-9/h2-7H,8H2,1H3. The molecule has 0 unspecified atom stereocenters. The van der Waals surface area contributed by atoms with Crippen LogP contribution in [0.4, 0.5) is 0 Å². The van der Waals surface area contributed by atoms with Crippen LogP contribution in [0.25, 0.3) is 0 Å². The molecule has 78 valence electrons. The number of halogens is 1. The third kappa shape index (κ3) is 3.11. The van der Waals surface area contributed by atoms with Gasteiger partial charge in [-0.1, -0.05) is 28.1 Å². The van der Waals surface area contributed by atoms with Crippen molar-refractivity contribution in [2.24, 2.45) is 7.05 Å². The maximum atomic E-state index is 4.13. The monoisotopic (exact) mass is 282 g/mol. The second kappa shape index (κ2) is 4.86. The second-order valence-electron chi connectivity index (χ2n) is 3.27. The Hall–Kier alpha value is -0.740. The molecule has 0 fully saturated rings. The first-order valence-electron chi connectivity index (χ1n) is 4.60. The number of hydrogen-bond donors (Lipinski definition) is 0. The Balaban J connectivity index is 1.99. The maximum absolute atomic E-state index is 4.13. The highest BCUT2D eigenvalue weighted by Crippen LogP contribution is 2.23. The van der Waals surface area contributed by atoms with Gasteiger partial charge < -0.3 is 0 Å². The lowest BCUT2D eigenvalue weighted by molar-refractivity contribution is 0.766. The minimum absolute atomic E-state index is 0.977. The number of aromatic nitrogens is 2. The van der Waals surface area contributed by atoms with Crippen molar-refractivity contribution in [1.29, 1.82) is 0 Å². The van der Waals surface area contributed by atoms with Gasteiger partial charge in [0.25, 0.3) is 0 Å². The molecule has 0 spiro atoms. The molecule has 0 N–H and O–H groups in total. The van der Waals surface area contributed by atoms with Crippen LogP contribution in [-0.4, -0.2) is 9.78 Å². The van der Waals surface area contributed by atoms with Crippen LogP contribution in [0.1, 0.15) is 5.56 Å². The Kier molecular flexibility index (Phi) is 3.49. The molecule has 1 aromatic heterocycles. The molecule has 0 radical (unpaired) electrons. The third-order valence-electron chi connectivity index (χ3n) is 1.98. The topological polar surface area (TPSA) is 17.8 Å². The van der Waals surface area contributed by atoms with Gasteiger partial charge in [0, 0.05) is 28.4 Å². The highest BCUT2D eigenvalue weighted by molar-refractivity contribution is 9.10. The fourth-order valence-corrected chi connectivity index (χ4v) is 2.58. The van der Waals surface area contributed by atoms with E-state index >= 15 is 0 Å². The molecule has 1 heterocycles. The molecule has 0 aliphatic carbocycles. The van der Waals surface area contributed by atoms with Crippen molar-refractivity contribution in [3.63, 3.8) is 0 Å². The van der Waals surface area contributed by atoms with Gasteiger partial charge >= 0.3 is 0 Å². The van der Waals surface area contributed by atoms with E-state index in [9.17, 15) is 0 Å². The van der Waals surface area contributed by atoms with E-state index < -0.39 is 0 Å². The molecule has 0 aliphatic rings. The lowest BCUT2D eigenvalue weighted by atomic mass is 10.2. The first-order valence-corrected chi connectivity index (χ1v) is 6.38. The average Bonchev–Trinajstić information content (AvgIpc) is 2.62. The van der Waals surface area contributed by atoms with Gasteiger partial charge in [0.2, 0.25) is 0 Å². The van der Waals surface area contributed by atoms with Gasteiger partial charge in [-0.05, 0) is 17.7 Å². The van der Waals surface area contributed by atoms with Gasteiger partial charge in [-0.2, -0.15) is 5.10 Å². The van der Waals surface area contributed by atoms with Crippen LogP contribution in [-0.2, 0) is 12.8 Å². The molecule has 0 amide bonds. The Morgan fingerprint density at radius 1 is 1.47 bits per heavy atom. The predicted octanol–water partition coefficient (Wildman–Crippen LogP) is 3.47. The van der Waals surface area contributed by atoms with Crippen LogP contribution < -0.4 is 0 Å². The Labute approximate surface area is 102 Å². The van der Waals surface area contributed by atoms with Gasteiger partial charge in [-0.25, -0.2) is 0 Å². The van der Waals surface area contributed by atoms with Crippen molar-refractivity contribution >= 4 is 27.7 Å². The number of thioether (sulfide) groups is 1. The average molecular weight is 283 g/mol. The van der Waals surface area contributed by atoms with Crippen LogP contribution >= 0.6 is 27.7 Å². The number of hydrogen-bond acceptors (Lipinski definition) is 2. The largest absolute Gasteiger partial charge is 0.275 e. The molecule has 2 aromatic rings. The van der Waals surface area contributed by atoms with Crippen LogP contribution in [0.3, 0.4) is 0 Å². The van der Waals surface area contributed by atoms with E-state index in [4.69, 9.17) is 0 Å². The fourth-order valence-electron chi connectivity index (χ4n) is 1.27. The van der Waals surface area contributed by atoms with E-state index in [2.05, 4.69) is 39.2 Å². The van der Waals surface area contributed by atoms with Crippen LogP contribution in [0.5, 0.6) is 0 Å². The third-order valence-corrected chi connectivity index (χ3v) is 3.49. The van der Waals surface area contributed by atoms with E-state index in [1.165, 1.54) is 10.5 Å². The summed E-state index contributed by atoms with van der Waals surface area (Å²) in [5.74, 6) is 0.977. The van der Waals surface area contributed by atoms with E-state index in [0.717, 1.165) is 10.2 Å². The Morgan fingerprint density at radius 3 is 3.00 bits per heavy atom. The van der Waals surface area contributed by atoms with Crippen LogP contribution in [0.15, 0.2) is 46.0 Å². The predicted molar refractivity (Wildman–Crippen MR) is 66.9 cm³/mol. The summed E-state index contributed by atoms with van der Waals surface area (Å²) in [7, 11) is 1.93. The minimum Gasteiger partial charge on any atom is -0.275 e. The van der Waals surface area contributed by atoms with E-state index in [-0.39, 0.29) is 0 Å². The van der Waals surface area contributed by atoms with Crippen molar-refractivity contribution in [2.45, 2.75) is 10.6 Å². The number of rotatable bonds is 3. The lowest BCUT2D eigenvalue weighted by Gasteiger charge is -1.99. The van der Waals surface area contributed by atoms with Crippen molar-refractivity contribution in [3.05, 3.63) is 46.7 Å². The molecule has 2 nitrogen and oxygen atoms in total. The molecule has 0 saturated heterocycles. The Morgan fingerprint density at radius 2 is 2.33 bits per heavy atom.